The smallest absolute Gasteiger partial charge is 0.257 e. The first kappa shape index (κ1) is 17.2. The number of aryl methyl sites for hydroxylation is 2. The maximum Gasteiger partial charge on any atom is 0.257 e. The predicted molar refractivity (Wildman–Crippen MR) is 104 cm³/mol. The Bertz CT molecular complexity index is 749. The Balaban J connectivity index is 2.05. The zero-order valence-electron chi connectivity index (χ0n) is 12.0. The molecule has 0 radical (unpaired) electrons. The number of hydrogen-bond donors (Lipinski definition) is 2. The molecule has 0 aliphatic rings. The fourth-order valence-corrected chi connectivity index (χ4v) is 2.91. The zero-order valence-corrected chi connectivity index (χ0v) is 15.8. The van der Waals surface area contributed by atoms with Crippen LogP contribution >= 0.6 is 46.4 Å². The first-order valence-electron chi connectivity index (χ1n) is 6.51. The molecule has 22 heavy (non-hydrogen) atoms. The Morgan fingerprint density at radius 2 is 1.86 bits per heavy atom. The van der Waals surface area contributed by atoms with Gasteiger partial charge in [-0.25, -0.2) is 0 Å². The van der Waals surface area contributed by atoms with Gasteiger partial charge in [0.2, 0.25) is 0 Å². The summed E-state index contributed by atoms with van der Waals surface area (Å²) in [6, 6.07) is 11.1. The quantitative estimate of drug-likeness (QED) is 0.522. The van der Waals surface area contributed by atoms with E-state index in [-0.39, 0.29) is 11.0 Å². The molecular weight excluding hydrogens is 431 g/mol. The van der Waals surface area contributed by atoms with Gasteiger partial charge in [0, 0.05) is 9.13 Å². The van der Waals surface area contributed by atoms with Gasteiger partial charge in [0.15, 0.2) is 5.11 Å². The average molecular weight is 445 g/mol. The lowest BCUT2D eigenvalue weighted by Crippen LogP contribution is -2.34. The van der Waals surface area contributed by atoms with Crippen LogP contribution in [0.25, 0.3) is 0 Å². The van der Waals surface area contributed by atoms with E-state index in [1.807, 2.05) is 44.2 Å². The minimum Gasteiger partial charge on any atom is -0.331 e. The summed E-state index contributed by atoms with van der Waals surface area (Å²) in [6.45, 7) is 3.97. The monoisotopic (exact) mass is 444 g/mol. The number of carbonyl (C=O) groups excluding carboxylic acids is 1. The number of thiocarbonyl (C=S) groups is 1. The standard InChI is InChI=1S/C16H14ClIN2OS/c1-9-3-4-11(7-10(9)2)15(21)20-16(22)19-14-6-5-12(18)8-13(14)17/h3-8H,1-2H3,(H2,19,20,21,22). The molecule has 2 N–H and O–H groups in total. The largest absolute Gasteiger partial charge is 0.331 e. The van der Waals surface area contributed by atoms with Crippen molar-refractivity contribution in [2.45, 2.75) is 13.8 Å². The van der Waals surface area contributed by atoms with Crippen LogP contribution in [0, 0.1) is 17.4 Å². The Hall–Kier alpha value is -1.18. The summed E-state index contributed by atoms with van der Waals surface area (Å²) >= 11 is 13.5. The fraction of sp³-hybridized carbons (Fsp3) is 0.125. The van der Waals surface area contributed by atoms with Crippen molar-refractivity contribution in [3.8, 4) is 0 Å². The molecule has 0 saturated heterocycles. The van der Waals surface area contributed by atoms with Crippen LogP contribution in [0.4, 0.5) is 5.69 Å². The number of rotatable bonds is 2. The summed E-state index contributed by atoms with van der Waals surface area (Å²) < 4.78 is 1.03. The third-order valence-electron chi connectivity index (χ3n) is 3.18. The van der Waals surface area contributed by atoms with Crippen LogP contribution in [0.15, 0.2) is 36.4 Å². The van der Waals surface area contributed by atoms with Crippen molar-refractivity contribution < 1.29 is 4.79 Å². The molecule has 2 rings (SSSR count). The molecule has 6 heteroatoms. The summed E-state index contributed by atoms with van der Waals surface area (Å²) in [5, 5.41) is 6.35. The van der Waals surface area contributed by atoms with Gasteiger partial charge >= 0.3 is 0 Å². The second-order valence-electron chi connectivity index (χ2n) is 4.83. The van der Waals surface area contributed by atoms with E-state index < -0.39 is 0 Å². The second kappa shape index (κ2) is 7.39. The lowest BCUT2D eigenvalue weighted by Gasteiger charge is -2.11. The van der Waals surface area contributed by atoms with E-state index in [4.69, 9.17) is 23.8 Å². The van der Waals surface area contributed by atoms with Crippen molar-refractivity contribution in [2.75, 3.05) is 5.32 Å². The molecule has 2 aromatic rings. The molecule has 0 atom stereocenters. The molecule has 0 fully saturated rings. The normalized spacial score (nSPS) is 10.2. The van der Waals surface area contributed by atoms with E-state index in [1.54, 1.807) is 6.07 Å². The van der Waals surface area contributed by atoms with E-state index in [1.165, 1.54) is 0 Å². The van der Waals surface area contributed by atoms with Crippen LogP contribution in [-0.4, -0.2) is 11.0 Å². The highest BCUT2D eigenvalue weighted by molar-refractivity contribution is 14.1. The topological polar surface area (TPSA) is 41.1 Å². The zero-order chi connectivity index (χ0) is 16.3. The number of anilines is 1. The van der Waals surface area contributed by atoms with Crippen LogP contribution in [0.3, 0.4) is 0 Å². The SMILES string of the molecule is Cc1ccc(C(=O)NC(=S)Nc2ccc(I)cc2Cl)cc1C. The second-order valence-corrected chi connectivity index (χ2v) is 6.89. The molecular formula is C16H14ClIN2OS. The van der Waals surface area contributed by atoms with Crippen molar-refractivity contribution in [3.63, 3.8) is 0 Å². The number of benzene rings is 2. The molecule has 0 spiro atoms. The first-order valence-corrected chi connectivity index (χ1v) is 8.38. The number of halogens is 2. The van der Waals surface area contributed by atoms with Crippen molar-refractivity contribution >= 4 is 63.1 Å². The highest BCUT2D eigenvalue weighted by Gasteiger charge is 2.10. The van der Waals surface area contributed by atoms with Gasteiger partial charge in [-0.15, -0.1) is 0 Å². The molecule has 0 heterocycles. The summed E-state index contributed by atoms with van der Waals surface area (Å²) in [5.41, 5.74) is 3.43. The molecule has 1 amide bonds. The summed E-state index contributed by atoms with van der Waals surface area (Å²) in [7, 11) is 0. The minimum absolute atomic E-state index is 0.214. The summed E-state index contributed by atoms with van der Waals surface area (Å²) in [5.74, 6) is -0.248. The van der Waals surface area contributed by atoms with E-state index in [0.29, 0.717) is 16.3 Å². The van der Waals surface area contributed by atoms with Crippen LogP contribution in [0.2, 0.25) is 5.02 Å². The molecule has 0 unspecified atom stereocenters. The third kappa shape index (κ3) is 4.41. The Morgan fingerprint density at radius 3 is 2.50 bits per heavy atom. The van der Waals surface area contributed by atoms with Crippen LogP contribution in [-0.2, 0) is 0 Å². The highest BCUT2D eigenvalue weighted by atomic mass is 127. The summed E-state index contributed by atoms with van der Waals surface area (Å²) in [4.78, 5) is 12.2. The van der Waals surface area contributed by atoms with Crippen molar-refractivity contribution in [2.24, 2.45) is 0 Å². The number of hydrogen-bond acceptors (Lipinski definition) is 2. The van der Waals surface area contributed by atoms with Crippen molar-refractivity contribution in [3.05, 3.63) is 61.7 Å². The van der Waals surface area contributed by atoms with Crippen LogP contribution in [0.5, 0.6) is 0 Å². The van der Waals surface area contributed by atoms with Crippen LogP contribution in [0.1, 0.15) is 21.5 Å². The average Bonchev–Trinajstić information content (AvgIpc) is 2.45. The van der Waals surface area contributed by atoms with Gasteiger partial charge in [0.25, 0.3) is 5.91 Å². The maximum atomic E-state index is 12.2. The molecule has 0 saturated carbocycles. The summed E-state index contributed by atoms with van der Waals surface area (Å²) in [6.07, 6.45) is 0. The van der Waals surface area contributed by atoms with Gasteiger partial charge in [-0.1, -0.05) is 17.7 Å². The molecule has 0 aliphatic carbocycles. The van der Waals surface area contributed by atoms with E-state index >= 15 is 0 Å². The van der Waals surface area contributed by atoms with Gasteiger partial charge < -0.3 is 5.32 Å². The Morgan fingerprint density at radius 1 is 1.14 bits per heavy atom. The minimum atomic E-state index is -0.248. The Labute approximate surface area is 153 Å². The molecule has 0 aromatic heterocycles. The van der Waals surface area contributed by atoms with Crippen LogP contribution < -0.4 is 10.6 Å². The lowest BCUT2D eigenvalue weighted by molar-refractivity contribution is 0.0977. The van der Waals surface area contributed by atoms with Gasteiger partial charge in [-0.3, -0.25) is 10.1 Å². The number of nitrogens with one attached hydrogen (secondary N) is 2. The Kier molecular flexibility index (Phi) is 5.77. The molecule has 3 nitrogen and oxygen atoms in total. The maximum absolute atomic E-state index is 12.2. The highest BCUT2D eigenvalue weighted by Crippen LogP contribution is 2.23. The van der Waals surface area contributed by atoms with Gasteiger partial charge in [-0.2, -0.15) is 0 Å². The molecule has 114 valence electrons. The van der Waals surface area contributed by atoms with E-state index in [2.05, 4.69) is 33.2 Å². The molecule has 2 aromatic carbocycles. The lowest BCUT2D eigenvalue weighted by atomic mass is 10.1. The number of amides is 1. The van der Waals surface area contributed by atoms with Gasteiger partial charge in [0.1, 0.15) is 0 Å². The van der Waals surface area contributed by atoms with Crippen molar-refractivity contribution in [1.82, 2.24) is 5.32 Å². The van der Waals surface area contributed by atoms with E-state index in [0.717, 1.165) is 14.7 Å². The third-order valence-corrected chi connectivity index (χ3v) is 4.36. The molecule has 0 bridgehead atoms. The van der Waals surface area contributed by atoms with Gasteiger partial charge in [0.05, 0.1) is 10.7 Å². The number of carbonyl (C=O) groups is 1. The van der Waals surface area contributed by atoms with Gasteiger partial charge in [-0.05, 0) is 90.1 Å². The van der Waals surface area contributed by atoms with E-state index in [9.17, 15) is 4.79 Å². The molecule has 0 aliphatic heterocycles. The predicted octanol–water partition coefficient (Wildman–Crippen LogP) is 4.69. The van der Waals surface area contributed by atoms with Crippen molar-refractivity contribution in [1.29, 1.82) is 0 Å². The first-order chi connectivity index (χ1) is 10.4. The fourth-order valence-electron chi connectivity index (χ4n) is 1.80.